The number of hydrogen-bond donors (Lipinski definition) is 1. The maximum atomic E-state index is 11.5. The van der Waals surface area contributed by atoms with E-state index in [-0.39, 0.29) is 26.1 Å². The Morgan fingerprint density at radius 3 is 1.88 bits per heavy atom. The van der Waals surface area contributed by atoms with Gasteiger partial charge >= 0.3 is 11.9 Å². The van der Waals surface area contributed by atoms with Crippen molar-refractivity contribution in [2.75, 3.05) is 13.2 Å². The molecule has 1 aliphatic heterocycles. The standard InChI is InChI=1S/C11H18O6/c1-3-15-10(13)8-5-7(12)6-9(17-8)11(14)16-4-2/h7-9,12H,3-6H2,1-2H3. The molecule has 1 heterocycles. The zero-order chi connectivity index (χ0) is 12.8. The smallest absolute Gasteiger partial charge is 0.335 e. The fourth-order valence-electron chi connectivity index (χ4n) is 1.67. The third-order valence-corrected chi connectivity index (χ3v) is 2.40. The number of aliphatic hydroxyl groups excluding tert-OH is 1. The summed E-state index contributed by atoms with van der Waals surface area (Å²) < 4.78 is 14.9. The maximum Gasteiger partial charge on any atom is 0.335 e. The van der Waals surface area contributed by atoms with Crippen LogP contribution in [-0.4, -0.2) is 48.6 Å². The van der Waals surface area contributed by atoms with Crippen LogP contribution in [0.25, 0.3) is 0 Å². The van der Waals surface area contributed by atoms with E-state index in [9.17, 15) is 14.7 Å². The minimum atomic E-state index is -0.895. The van der Waals surface area contributed by atoms with Gasteiger partial charge in [-0.05, 0) is 13.8 Å². The summed E-state index contributed by atoms with van der Waals surface area (Å²) in [6.07, 6.45) is -2.25. The summed E-state index contributed by atoms with van der Waals surface area (Å²) in [7, 11) is 0. The molecule has 1 saturated heterocycles. The van der Waals surface area contributed by atoms with Crippen molar-refractivity contribution in [3.8, 4) is 0 Å². The van der Waals surface area contributed by atoms with Gasteiger partial charge in [-0.3, -0.25) is 0 Å². The quantitative estimate of drug-likeness (QED) is 0.704. The molecular formula is C11H18O6. The number of carbonyl (C=O) groups is 2. The molecule has 2 atom stereocenters. The van der Waals surface area contributed by atoms with Gasteiger partial charge in [0.1, 0.15) is 0 Å². The van der Waals surface area contributed by atoms with Crippen LogP contribution in [0.4, 0.5) is 0 Å². The average Bonchev–Trinajstić information content (AvgIpc) is 2.29. The van der Waals surface area contributed by atoms with Crippen molar-refractivity contribution in [2.45, 2.75) is 45.0 Å². The van der Waals surface area contributed by atoms with Crippen molar-refractivity contribution in [3.05, 3.63) is 0 Å². The molecular weight excluding hydrogens is 228 g/mol. The zero-order valence-electron chi connectivity index (χ0n) is 10.0. The number of rotatable bonds is 4. The molecule has 0 aromatic rings. The van der Waals surface area contributed by atoms with Gasteiger partial charge < -0.3 is 19.3 Å². The normalized spacial score (nSPS) is 28.5. The highest BCUT2D eigenvalue weighted by molar-refractivity contribution is 5.78. The molecule has 6 heteroatoms. The van der Waals surface area contributed by atoms with E-state index in [4.69, 9.17) is 14.2 Å². The lowest BCUT2D eigenvalue weighted by Crippen LogP contribution is -2.44. The van der Waals surface area contributed by atoms with Crippen LogP contribution in [0.15, 0.2) is 0 Å². The minimum Gasteiger partial charge on any atom is -0.464 e. The Hall–Kier alpha value is -1.14. The van der Waals surface area contributed by atoms with Crippen molar-refractivity contribution in [1.29, 1.82) is 0 Å². The topological polar surface area (TPSA) is 82.1 Å². The first-order chi connectivity index (χ1) is 8.08. The Labute approximate surface area is 99.8 Å². The van der Waals surface area contributed by atoms with E-state index in [1.165, 1.54) is 0 Å². The first kappa shape index (κ1) is 13.9. The van der Waals surface area contributed by atoms with Crippen LogP contribution < -0.4 is 0 Å². The molecule has 0 amide bonds. The molecule has 1 rings (SSSR count). The van der Waals surface area contributed by atoms with Crippen LogP contribution in [-0.2, 0) is 23.8 Å². The fraction of sp³-hybridized carbons (Fsp3) is 0.818. The van der Waals surface area contributed by atoms with E-state index in [1.807, 2.05) is 0 Å². The highest BCUT2D eigenvalue weighted by Crippen LogP contribution is 2.21. The van der Waals surface area contributed by atoms with Gasteiger partial charge in [0.2, 0.25) is 0 Å². The number of ether oxygens (including phenoxy) is 3. The van der Waals surface area contributed by atoms with Gasteiger partial charge in [0.25, 0.3) is 0 Å². The van der Waals surface area contributed by atoms with Crippen molar-refractivity contribution >= 4 is 11.9 Å². The molecule has 0 saturated carbocycles. The highest BCUT2D eigenvalue weighted by Gasteiger charge is 2.37. The number of hydrogen-bond acceptors (Lipinski definition) is 6. The summed E-state index contributed by atoms with van der Waals surface area (Å²) in [6.45, 7) is 3.83. The van der Waals surface area contributed by atoms with Crippen molar-refractivity contribution in [3.63, 3.8) is 0 Å². The maximum absolute atomic E-state index is 11.5. The third kappa shape index (κ3) is 3.98. The van der Waals surface area contributed by atoms with Crippen LogP contribution in [0.3, 0.4) is 0 Å². The largest absolute Gasteiger partial charge is 0.464 e. The molecule has 0 aromatic carbocycles. The monoisotopic (exact) mass is 246 g/mol. The Morgan fingerprint density at radius 1 is 1.12 bits per heavy atom. The predicted octanol–water partition coefficient (Wildman–Crippen LogP) is 0.0211. The summed E-state index contributed by atoms with van der Waals surface area (Å²) in [6, 6.07) is 0. The molecule has 0 bridgehead atoms. The van der Waals surface area contributed by atoms with Crippen molar-refractivity contribution in [1.82, 2.24) is 0 Å². The first-order valence-electron chi connectivity index (χ1n) is 5.75. The van der Waals surface area contributed by atoms with E-state index in [2.05, 4.69) is 0 Å². The molecule has 0 radical (unpaired) electrons. The van der Waals surface area contributed by atoms with Crippen LogP contribution >= 0.6 is 0 Å². The summed E-state index contributed by atoms with van der Waals surface area (Å²) in [5.41, 5.74) is 0. The van der Waals surface area contributed by atoms with Gasteiger partial charge in [0.15, 0.2) is 12.2 Å². The van der Waals surface area contributed by atoms with Gasteiger partial charge in [-0.25, -0.2) is 9.59 Å². The van der Waals surface area contributed by atoms with Crippen LogP contribution in [0, 0.1) is 0 Å². The molecule has 1 fully saturated rings. The number of carbonyl (C=O) groups excluding carboxylic acids is 2. The summed E-state index contributed by atoms with van der Waals surface area (Å²) in [4.78, 5) is 22.9. The summed E-state index contributed by atoms with van der Waals surface area (Å²) >= 11 is 0. The van der Waals surface area contributed by atoms with Gasteiger partial charge in [0.05, 0.1) is 19.3 Å². The van der Waals surface area contributed by atoms with Crippen LogP contribution in [0.2, 0.25) is 0 Å². The number of aliphatic hydroxyl groups is 1. The minimum absolute atomic E-state index is 0.148. The third-order valence-electron chi connectivity index (χ3n) is 2.40. The Morgan fingerprint density at radius 2 is 1.53 bits per heavy atom. The van der Waals surface area contributed by atoms with Crippen LogP contribution in [0.5, 0.6) is 0 Å². The molecule has 98 valence electrons. The van der Waals surface area contributed by atoms with E-state index in [1.54, 1.807) is 13.8 Å². The Bertz CT molecular complexity index is 251. The molecule has 6 nitrogen and oxygen atoms in total. The van der Waals surface area contributed by atoms with E-state index < -0.39 is 30.3 Å². The van der Waals surface area contributed by atoms with Crippen LogP contribution in [0.1, 0.15) is 26.7 Å². The Balaban J connectivity index is 2.58. The fourth-order valence-corrected chi connectivity index (χ4v) is 1.67. The Kier molecular flexibility index (Phi) is 5.37. The molecule has 0 aromatic heterocycles. The van der Waals surface area contributed by atoms with E-state index >= 15 is 0 Å². The van der Waals surface area contributed by atoms with Gasteiger partial charge in [0, 0.05) is 12.8 Å². The van der Waals surface area contributed by atoms with E-state index in [0.29, 0.717) is 0 Å². The molecule has 1 aliphatic rings. The van der Waals surface area contributed by atoms with Gasteiger partial charge in [-0.2, -0.15) is 0 Å². The predicted molar refractivity (Wildman–Crippen MR) is 57.2 cm³/mol. The molecule has 1 N–H and O–H groups in total. The first-order valence-corrected chi connectivity index (χ1v) is 5.75. The second-order valence-corrected chi connectivity index (χ2v) is 3.74. The lowest BCUT2D eigenvalue weighted by atomic mass is 10.0. The second-order valence-electron chi connectivity index (χ2n) is 3.74. The zero-order valence-corrected chi connectivity index (χ0v) is 10.0. The SMILES string of the molecule is CCOC(=O)C1CC(O)CC(C(=O)OCC)O1. The summed E-state index contributed by atoms with van der Waals surface area (Å²) in [5.74, 6) is -1.11. The average molecular weight is 246 g/mol. The summed E-state index contributed by atoms with van der Waals surface area (Å²) in [5, 5.41) is 9.59. The molecule has 0 aliphatic carbocycles. The van der Waals surface area contributed by atoms with Crippen molar-refractivity contribution < 1.29 is 28.9 Å². The molecule has 0 spiro atoms. The highest BCUT2D eigenvalue weighted by atomic mass is 16.6. The van der Waals surface area contributed by atoms with Gasteiger partial charge in [-0.1, -0.05) is 0 Å². The lowest BCUT2D eigenvalue weighted by Gasteiger charge is -2.30. The number of esters is 2. The molecule has 2 unspecified atom stereocenters. The molecule has 17 heavy (non-hydrogen) atoms. The van der Waals surface area contributed by atoms with Gasteiger partial charge in [-0.15, -0.1) is 0 Å². The lowest BCUT2D eigenvalue weighted by molar-refractivity contribution is -0.184. The van der Waals surface area contributed by atoms with E-state index in [0.717, 1.165) is 0 Å². The van der Waals surface area contributed by atoms with Crippen molar-refractivity contribution in [2.24, 2.45) is 0 Å². The second kappa shape index (κ2) is 6.56.